The standard InChI is InChI=1S/C11H18O4/c1-5-6-10(14)15-11(3,4)8(2)7-9(12)13/h7H,5-6H2,1-4H3,(H,12,13). The number of rotatable bonds is 5. The third kappa shape index (κ3) is 5.20. The predicted octanol–water partition coefficient (Wildman–Crippen LogP) is 2.14. The van der Waals surface area contributed by atoms with E-state index in [4.69, 9.17) is 9.84 Å². The topological polar surface area (TPSA) is 63.6 Å². The average molecular weight is 214 g/mol. The van der Waals surface area contributed by atoms with E-state index >= 15 is 0 Å². The van der Waals surface area contributed by atoms with Gasteiger partial charge in [-0.2, -0.15) is 0 Å². The monoisotopic (exact) mass is 214 g/mol. The smallest absolute Gasteiger partial charge is 0.328 e. The molecule has 0 atom stereocenters. The minimum absolute atomic E-state index is 0.305. The summed E-state index contributed by atoms with van der Waals surface area (Å²) in [6.07, 6.45) is 2.12. The molecule has 0 radical (unpaired) electrons. The number of ether oxygens (including phenoxy) is 1. The summed E-state index contributed by atoms with van der Waals surface area (Å²) >= 11 is 0. The van der Waals surface area contributed by atoms with Gasteiger partial charge in [-0.15, -0.1) is 0 Å². The molecule has 0 heterocycles. The van der Waals surface area contributed by atoms with Gasteiger partial charge >= 0.3 is 11.9 Å². The van der Waals surface area contributed by atoms with E-state index in [2.05, 4.69) is 0 Å². The maximum absolute atomic E-state index is 11.3. The van der Waals surface area contributed by atoms with Gasteiger partial charge in [-0.05, 0) is 32.8 Å². The Hall–Kier alpha value is -1.32. The van der Waals surface area contributed by atoms with Gasteiger partial charge in [0, 0.05) is 12.5 Å². The van der Waals surface area contributed by atoms with E-state index in [1.807, 2.05) is 6.92 Å². The van der Waals surface area contributed by atoms with Gasteiger partial charge in [0.1, 0.15) is 5.60 Å². The summed E-state index contributed by atoms with van der Waals surface area (Å²) in [5.41, 5.74) is -0.343. The van der Waals surface area contributed by atoms with Gasteiger partial charge in [0.2, 0.25) is 0 Å². The van der Waals surface area contributed by atoms with Crippen LogP contribution in [0.25, 0.3) is 0 Å². The lowest BCUT2D eigenvalue weighted by Crippen LogP contribution is -2.29. The van der Waals surface area contributed by atoms with E-state index in [-0.39, 0.29) is 5.97 Å². The maximum Gasteiger partial charge on any atom is 0.328 e. The van der Waals surface area contributed by atoms with Crippen molar-refractivity contribution in [3.63, 3.8) is 0 Å². The van der Waals surface area contributed by atoms with Crippen LogP contribution in [0.15, 0.2) is 11.6 Å². The zero-order valence-electron chi connectivity index (χ0n) is 9.66. The van der Waals surface area contributed by atoms with Gasteiger partial charge in [-0.25, -0.2) is 4.79 Å². The summed E-state index contributed by atoms with van der Waals surface area (Å²) in [5, 5.41) is 8.57. The Morgan fingerprint density at radius 1 is 1.40 bits per heavy atom. The molecule has 0 aliphatic carbocycles. The van der Waals surface area contributed by atoms with Gasteiger partial charge in [-0.1, -0.05) is 6.92 Å². The highest BCUT2D eigenvalue weighted by atomic mass is 16.6. The third-order valence-electron chi connectivity index (χ3n) is 2.11. The van der Waals surface area contributed by atoms with Crippen LogP contribution in [0.2, 0.25) is 0 Å². The van der Waals surface area contributed by atoms with Crippen LogP contribution < -0.4 is 0 Å². The Morgan fingerprint density at radius 2 is 1.93 bits per heavy atom. The Balaban J connectivity index is 4.54. The van der Waals surface area contributed by atoms with E-state index in [0.717, 1.165) is 12.5 Å². The zero-order chi connectivity index (χ0) is 12.1. The van der Waals surface area contributed by atoms with Crippen LogP contribution in [0.4, 0.5) is 0 Å². The molecule has 15 heavy (non-hydrogen) atoms. The lowest BCUT2D eigenvalue weighted by molar-refractivity contribution is -0.153. The van der Waals surface area contributed by atoms with E-state index in [0.29, 0.717) is 12.0 Å². The molecular formula is C11H18O4. The van der Waals surface area contributed by atoms with Crippen molar-refractivity contribution in [1.82, 2.24) is 0 Å². The molecule has 0 rings (SSSR count). The highest BCUT2D eigenvalue weighted by Gasteiger charge is 2.25. The molecule has 0 aromatic heterocycles. The molecule has 4 heteroatoms. The van der Waals surface area contributed by atoms with Crippen LogP contribution in [0.1, 0.15) is 40.5 Å². The fourth-order valence-corrected chi connectivity index (χ4v) is 0.979. The van der Waals surface area contributed by atoms with E-state index in [9.17, 15) is 9.59 Å². The lowest BCUT2D eigenvalue weighted by atomic mass is 9.99. The molecule has 0 spiro atoms. The van der Waals surface area contributed by atoms with Gasteiger partial charge < -0.3 is 9.84 Å². The fraction of sp³-hybridized carbons (Fsp3) is 0.636. The van der Waals surface area contributed by atoms with Gasteiger partial charge in [0.15, 0.2) is 0 Å². The van der Waals surface area contributed by atoms with Crippen molar-refractivity contribution in [1.29, 1.82) is 0 Å². The molecule has 0 unspecified atom stereocenters. The molecule has 0 amide bonds. The van der Waals surface area contributed by atoms with Crippen LogP contribution in [0, 0.1) is 0 Å². The number of carboxylic acids is 1. The van der Waals surface area contributed by atoms with Gasteiger partial charge in [0.25, 0.3) is 0 Å². The van der Waals surface area contributed by atoms with Crippen LogP contribution in [0.3, 0.4) is 0 Å². The molecule has 0 bridgehead atoms. The highest BCUT2D eigenvalue weighted by Crippen LogP contribution is 2.21. The first-order valence-electron chi connectivity index (χ1n) is 4.93. The number of carbonyl (C=O) groups excluding carboxylic acids is 1. The summed E-state index contributed by atoms with van der Waals surface area (Å²) in [6.45, 7) is 6.87. The van der Waals surface area contributed by atoms with E-state index in [1.54, 1.807) is 20.8 Å². The van der Waals surface area contributed by atoms with Crippen LogP contribution >= 0.6 is 0 Å². The van der Waals surface area contributed by atoms with E-state index in [1.165, 1.54) is 0 Å². The highest BCUT2D eigenvalue weighted by molar-refractivity contribution is 5.81. The molecule has 0 aromatic rings. The van der Waals surface area contributed by atoms with Crippen molar-refractivity contribution >= 4 is 11.9 Å². The average Bonchev–Trinajstić information content (AvgIpc) is 2.01. The second-order valence-corrected chi connectivity index (χ2v) is 3.90. The van der Waals surface area contributed by atoms with E-state index < -0.39 is 11.6 Å². The minimum Gasteiger partial charge on any atom is -0.478 e. The van der Waals surface area contributed by atoms with Crippen molar-refractivity contribution in [2.75, 3.05) is 0 Å². The number of hydrogen-bond acceptors (Lipinski definition) is 3. The number of hydrogen-bond donors (Lipinski definition) is 1. The Morgan fingerprint density at radius 3 is 2.33 bits per heavy atom. The number of esters is 1. The molecule has 4 nitrogen and oxygen atoms in total. The lowest BCUT2D eigenvalue weighted by Gasteiger charge is -2.25. The first-order valence-corrected chi connectivity index (χ1v) is 4.93. The Bertz CT molecular complexity index is 276. The fourth-order valence-electron chi connectivity index (χ4n) is 0.979. The molecule has 0 aliphatic heterocycles. The summed E-state index contributed by atoms with van der Waals surface area (Å²) in [6, 6.07) is 0. The van der Waals surface area contributed by atoms with Gasteiger partial charge in [-0.3, -0.25) is 4.79 Å². The van der Waals surface area contributed by atoms with Crippen molar-refractivity contribution in [2.45, 2.75) is 46.1 Å². The van der Waals surface area contributed by atoms with Gasteiger partial charge in [0.05, 0.1) is 0 Å². The maximum atomic E-state index is 11.3. The predicted molar refractivity (Wildman–Crippen MR) is 56.5 cm³/mol. The third-order valence-corrected chi connectivity index (χ3v) is 2.11. The molecule has 0 saturated carbocycles. The largest absolute Gasteiger partial charge is 0.478 e. The minimum atomic E-state index is -1.04. The second kappa shape index (κ2) is 5.53. The van der Waals surface area contributed by atoms with Crippen molar-refractivity contribution in [3.8, 4) is 0 Å². The van der Waals surface area contributed by atoms with Crippen molar-refractivity contribution in [2.24, 2.45) is 0 Å². The van der Waals surface area contributed by atoms with Crippen LogP contribution in [-0.4, -0.2) is 22.6 Å². The molecule has 0 fully saturated rings. The summed E-state index contributed by atoms with van der Waals surface area (Å²) in [4.78, 5) is 21.7. The Labute approximate surface area is 89.9 Å². The second-order valence-electron chi connectivity index (χ2n) is 3.90. The SMILES string of the molecule is CCCC(=O)OC(C)(C)C(C)=CC(=O)O. The summed E-state index contributed by atoms with van der Waals surface area (Å²) < 4.78 is 5.17. The first-order chi connectivity index (χ1) is 6.79. The molecule has 1 N–H and O–H groups in total. The molecule has 0 saturated heterocycles. The number of carbonyl (C=O) groups is 2. The molecule has 0 aromatic carbocycles. The van der Waals surface area contributed by atoms with Crippen LogP contribution in [0.5, 0.6) is 0 Å². The number of aliphatic carboxylic acids is 1. The molecular weight excluding hydrogens is 196 g/mol. The molecule has 86 valence electrons. The molecule has 0 aliphatic rings. The van der Waals surface area contributed by atoms with Crippen molar-refractivity contribution < 1.29 is 19.4 Å². The first kappa shape index (κ1) is 13.7. The van der Waals surface area contributed by atoms with Crippen molar-refractivity contribution in [3.05, 3.63) is 11.6 Å². The quantitative estimate of drug-likeness (QED) is 0.562. The normalized spacial score (nSPS) is 12.4. The summed E-state index contributed by atoms with van der Waals surface area (Å²) in [7, 11) is 0. The Kier molecular flexibility index (Phi) is 5.05. The van der Waals surface area contributed by atoms with Crippen LogP contribution in [-0.2, 0) is 14.3 Å². The zero-order valence-corrected chi connectivity index (χ0v) is 9.66. The summed E-state index contributed by atoms with van der Waals surface area (Å²) in [5.74, 6) is -1.34. The number of carboxylic acid groups (broad SMARTS) is 1.